The minimum absolute atomic E-state index is 0.0290. The number of thioether (sulfide) groups is 1. The third kappa shape index (κ3) is 5.19. The highest BCUT2D eigenvalue weighted by Gasteiger charge is 2.32. The smallest absolute Gasteiger partial charge is 0.266 e. The molecule has 1 fully saturated rings. The number of halogens is 1. The number of nitrogens with zero attached hydrogens (tertiary/aromatic N) is 1. The molecule has 0 aromatic heterocycles. The molecule has 0 bridgehead atoms. The van der Waals surface area contributed by atoms with E-state index in [0.29, 0.717) is 14.2 Å². The maximum atomic E-state index is 12.5. The monoisotopic (exact) mass is 442 g/mol. The molecule has 0 saturated carbocycles. The molecule has 27 heavy (non-hydrogen) atoms. The van der Waals surface area contributed by atoms with Gasteiger partial charge in [0, 0.05) is 23.4 Å². The second-order valence-electron chi connectivity index (χ2n) is 5.97. The molecule has 1 N–H and O–H groups in total. The zero-order chi connectivity index (χ0) is 19.6. The van der Waals surface area contributed by atoms with E-state index in [1.54, 1.807) is 24.3 Å². The lowest BCUT2D eigenvalue weighted by Gasteiger charge is -2.15. The van der Waals surface area contributed by atoms with Gasteiger partial charge in [-0.25, -0.2) is 8.42 Å². The highest BCUT2D eigenvalue weighted by atomic mass is 35.5. The van der Waals surface area contributed by atoms with Gasteiger partial charge in [0.25, 0.3) is 5.91 Å². The molecule has 2 aliphatic heterocycles. The lowest BCUT2D eigenvalue weighted by molar-refractivity contribution is -0.124. The van der Waals surface area contributed by atoms with Crippen LogP contribution in [0.1, 0.15) is 12.0 Å². The van der Waals surface area contributed by atoms with Crippen LogP contribution in [0.15, 0.2) is 40.7 Å². The lowest BCUT2D eigenvalue weighted by atomic mass is 10.2. The van der Waals surface area contributed by atoms with Gasteiger partial charge < -0.3 is 5.32 Å². The molecular formula is C17H15ClN2O4S3. The van der Waals surface area contributed by atoms with Gasteiger partial charge in [-0.3, -0.25) is 14.5 Å². The standard InChI is InChI=1S/C17H15ClN2O4S3/c18-12-3-1-2-11(8-12)9-14-16(22)20(17(25)26-14)6-4-15(21)19-13-5-7-27(23,24)10-13/h1-3,5,7-9,13H,4,6,10H2,(H,19,21)/b14-9+/t13-/m0/s1. The van der Waals surface area contributed by atoms with E-state index in [9.17, 15) is 18.0 Å². The Bertz CT molecular complexity index is 972. The average molecular weight is 443 g/mol. The van der Waals surface area contributed by atoms with Crippen LogP contribution in [0.3, 0.4) is 0 Å². The Balaban J connectivity index is 1.58. The van der Waals surface area contributed by atoms with Crippen molar-refractivity contribution in [2.24, 2.45) is 0 Å². The molecule has 3 rings (SSSR count). The predicted octanol–water partition coefficient (Wildman–Crippen LogP) is 2.36. The van der Waals surface area contributed by atoms with Crippen LogP contribution in [0.2, 0.25) is 5.02 Å². The van der Waals surface area contributed by atoms with Crippen LogP contribution in [0.25, 0.3) is 6.08 Å². The summed E-state index contributed by atoms with van der Waals surface area (Å²) in [4.78, 5) is 26.4. The zero-order valence-electron chi connectivity index (χ0n) is 13.9. The van der Waals surface area contributed by atoms with Gasteiger partial charge in [0.1, 0.15) is 4.32 Å². The van der Waals surface area contributed by atoms with Crippen molar-refractivity contribution >= 4 is 67.6 Å². The fourth-order valence-corrected chi connectivity index (χ4v) is 5.34. The minimum atomic E-state index is -3.23. The number of sulfone groups is 1. The van der Waals surface area contributed by atoms with Crippen LogP contribution in [-0.4, -0.2) is 47.8 Å². The second-order valence-corrected chi connectivity index (χ2v) is 10.0. The van der Waals surface area contributed by atoms with Crippen molar-refractivity contribution in [2.75, 3.05) is 12.3 Å². The average Bonchev–Trinajstić information content (AvgIpc) is 3.05. The first kappa shape index (κ1) is 20.1. The van der Waals surface area contributed by atoms with Crippen molar-refractivity contribution in [1.29, 1.82) is 0 Å². The summed E-state index contributed by atoms with van der Waals surface area (Å²) in [5.41, 5.74) is 0.787. The van der Waals surface area contributed by atoms with Crippen molar-refractivity contribution in [1.82, 2.24) is 10.2 Å². The van der Waals surface area contributed by atoms with Crippen molar-refractivity contribution in [3.63, 3.8) is 0 Å². The summed E-state index contributed by atoms with van der Waals surface area (Å²) in [5, 5.41) is 4.29. The first-order chi connectivity index (χ1) is 12.7. The summed E-state index contributed by atoms with van der Waals surface area (Å²) in [5.74, 6) is -0.738. The molecule has 6 nitrogen and oxygen atoms in total. The van der Waals surface area contributed by atoms with E-state index in [1.165, 1.54) is 22.7 Å². The van der Waals surface area contributed by atoms with Gasteiger partial charge >= 0.3 is 0 Å². The maximum absolute atomic E-state index is 12.5. The van der Waals surface area contributed by atoms with E-state index in [-0.39, 0.29) is 30.5 Å². The van der Waals surface area contributed by atoms with Gasteiger partial charge in [-0.1, -0.05) is 47.7 Å². The summed E-state index contributed by atoms with van der Waals surface area (Å²) in [6.07, 6.45) is 3.18. The normalized spacial score (nSPS) is 22.6. The first-order valence-corrected chi connectivity index (χ1v) is 11.3. The Morgan fingerprint density at radius 1 is 1.44 bits per heavy atom. The fraction of sp³-hybridized carbons (Fsp3) is 0.235. The Kier molecular flexibility index (Phi) is 6.05. The number of hydrogen-bond acceptors (Lipinski definition) is 6. The first-order valence-electron chi connectivity index (χ1n) is 7.95. The molecule has 2 amide bonds. The van der Waals surface area contributed by atoms with Crippen LogP contribution in [0, 0.1) is 0 Å². The lowest BCUT2D eigenvalue weighted by Crippen LogP contribution is -2.38. The van der Waals surface area contributed by atoms with E-state index in [0.717, 1.165) is 11.0 Å². The van der Waals surface area contributed by atoms with E-state index in [4.69, 9.17) is 23.8 Å². The molecule has 0 radical (unpaired) electrons. The molecule has 2 aliphatic rings. The molecule has 1 saturated heterocycles. The van der Waals surface area contributed by atoms with E-state index in [2.05, 4.69) is 5.32 Å². The minimum Gasteiger partial charge on any atom is -0.349 e. The highest BCUT2D eigenvalue weighted by molar-refractivity contribution is 8.26. The number of hydrogen-bond donors (Lipinski definition) is 1. The van der Waals surface area contributed by atoms with Gasteiger partial charge in [0.15, 0.2) is 9.84 Å². The molecule has 2 heterocycles. The van der Waals surface area contributed by atoms with Crippen molar-refractivity contribution in [3.05, 3.63) is 51.2 Å². The molecule has 10 heteroatoms. The van der Waals surface area contributed by atoms with Gasteiger partial charge in [-0.15, -0.1) is 0 Å². The molecule has 1 atom stereocenters. The van der Waals surface area contributed by atoms with E-state index in [1.807, 2.05) is 6.07 Å². The number of nitrogens with one attached hydrogen (secondary N) is 1. The van der Waals surface area contributed by atoms with E-state index >= 15 is 0 Å². The molecular weight excluding hydrogens is 428 g/mol. The van der Waals surface area contributed by atoms with E-state index < -0.39 is 15.9 Å². The summed E-state index contributed by atoms with van der Waals surface area (Å²) >= 11 is 12.4. The Labute approximate surface area is 171 Å². The number of benzene rings is 1. The molecule has 142 valence electrons. The SMILES string of the molecule is O=C(CCN1C(=O)/C(=C\c2cccc(Cl)c2)SC1=S)N[C@H]1C=CS(=O)(=O)C1. The van der Waals surface area contributed by atoms with Crippen molar-refractivity contribution in [2.45, 2.75) is 12.5 Å². The third-order valence-corrected chi connectivity index (χ3v) is 6.87. The van der Waals surface area contributed by atoms with Crippen LogP contribution >= 0.6 is 35.6 Å². The van der Waals surface area contributed by atoms with Crippen LogP contribution < -0.4 is 5.32 Å². The largest absolute Gasteiger partial charge is 0.349 e. The van der Waals surface area contributed by atoms with Crippen LogP contribution in [0.4, 0.5) is 0 Å². The fourth-order valence-electron chi connectivity index (χ4n) is 2.60. The molecule has 1 aromatic carbocycles. The van der Waals surface area contributed by atoms with Gasteiger partial charge in [0.05, 0.1) is 16.7 Å². The second kappa shape index (κ2) is 8.14. The highest BCUT2D eigenvalue weighted by Crippen LogP contribution is 2.32. The van der Waals surface area contributed by atoms with Gasteiger partial charge in [-0.05, 0) is 29.8 Å². The number of rotatable bonds is 5. The summed E-state index contributed by atoms with van der Waals surface area (Å²) in [6, 6.07) is 6.57. The summed E-state index contributed by atoms with van der Waals surface area (Å²) < 4.78 is 23.1. The zero-order valence-corrected chi connectivity index (χ0v) is 17.1. The number of thiocarbonyl (C=S) groups is 1. The van der Waals surface area contributed by atoms with Gasteiger partial charge in [-0.2, -0.15) is 0 Å². The number of carbonyl (C=O) groups excluding carboxylic acids is 2. The Morgan fingerprint density at radius 2 is 2.22 bits per heavy atom. The molecule has 0 spiro atoms. The summed E-state index contributed by atoms with van der Waals surface area (Å²) in [6.45, 7) is 0.132. The summed E-state index contributed by atoms with van der Waals surface area (Å²) in [7, 11) is -3.23. The Morgan fingerprint density at radius 3 is 2.89 bits per heavy atom. The third-order valence-electron chi connectivity index (χ3n) is 3.86. The maximum Gasteiger partial charge on any atom is 0.266 e. The van der Waals surface area contributed by atoms with Crippen LogP contribution in [-0.2, 0) is 19.4 Å². The molecule has 0 aliphatic carbocycles. The van der Waals surface area contributed by atoms with Crippen LogP contribution in [0.5, 0.6) is 0 Å². The topological polar surface area (TPSA) is 83.6 Å². The molecule has 1 aromatic rings. The Hall–Kier alpha value is -1.68. The van der Waals surface area contributed by atoms with Crippen molar-refractivity contribution in [3.8, 4) is 0 Å². The van der Waals surface area contributed by atoms with Crippen molar-refractivity contribution < 1.29 is 18.0 Å². The predicted molar refractivity (Wildman–Crippen MR) is 111 cm³/mol. The quantitative estimate of drug-likeness (QED) is 0.556. The van der Waals surface area contributed by atoms with Gasteiger partial charge in [0.2, 0.25) is 5.91 Å². The number of amides is 2. The molecule has 0 unspecified atom stereocenters. The number of carbonyl (C=O) groups is 2.